The minimum Gasteiger partial charge on any atom is -0.441 e. The molecule has 0 aliphatic carbocycles. The van der Waals surface area contributed by atoms with Gasteiger partial charge in [-0.2, -0.15) is 5.26 Å². The highest BCUT2D eigenvalue weighted by molar-refractivity contribution is 6.01. The van der Waals surface area contributed by atoms with Crippen LogP contribution in [0.1, 0.15) is 26.0 Å². The fourth-order valence-electron chi connectivity index (χ4n) is 2.07. The Morgan fingerprint density at radius 2 is 2.23 bits per heavy atom. The van der Waals surface area contributed by atoms with Crippen molar-refractivity contribution in [3.63, 3.8) is 0 Å². The second-order valence-corrected chi connectivity index (χ2v) is 5.23. The van der Waals surface area contributed by atoms with Crippen molar-refractivity contribution in [1.82, 2.24) is 5.32 Å². The summed E-state index contributed by atoms with van der Waals surface area (Å²) in [6, 6.07) is 5.56. The third-order valence-electron chi connectivity index (χ3n) is 3.58. The van der Waals surface area contributed by atoms with Crippen LogP contribution >= 0.6 is 0 Å². The normalized spacial score (nSPS) is 17.0. The van der Waals surface area contributed by atoms with Crippen molar-refractivity contribution in [2.45, 2.75) is 26.3 Å². The quantitative estimate of drug-likeness (QED) is 0.664. The van der Waals surface area contributed by atoms with Gasteiger partial charge in [-0.3, -0.25) is 4.79 Å². The first-order valence-corrected chi connectivity index (χ1v) is 7.49. The van der Waals surface area contributed by atoms with Gasteiger partial charge in [-0.05, 0) is 19.4 Å². The topological polar surface area (TPSA) is 78.5 Å². The van der Waals surface area contributed by atoms with E-state index in [1.807, 2.05) is 26.0 Å². The number of carbonyl (C=O) groups is 1. The number of furan rings is 1. The summed E-state index contributed by atoms with van der Waals surface area (Å²) in [5.41, 5.74) is 0.0446. The Morgan fingerprint density at radius 3 is 2.86 bits per heavy atom. The van der Waals surface area contributed by atoms with E-state index in [-0.39, 0.29) is 17.5 Å². The zero-order chi connectivity index (χ0) is 15.9. The van der Waals surface area contributed by atoms with Crippen molar-refractivity contribution >= 4 is 17.9 Å². The monoisotopic (exact) mass is 303 g/mol. The molecule has 6 heteroatoms. The first kappa shape index (κ1) is 16.1. The molecule has 2 heterocycles. The molecule has 1 aliphatic rings. The van der Waals surface area contributed by atoms with E-state index in [2.05, 4.69) is 10.2 Å². The number of anilines is 1. The summed E-state index contributed by atoms with van der Waals surface area (Å²) >= 11 is 0. The van der Waals surface area contributed by atoms with E-state index in [1.165, 1.54) is 6.08 Å². The molecule has 1 aromatic rings. The Bertz CT molecular complexity index is 580. The first-order valence-electron chi connectivity index (χ1n) is 7.49. The van der Waals surface area contributed by atoms with E-state index in [9.17, 15) is 4.79 Å². The SMILES string of the molecule is CC[C@@H](C)NC(=O)/C(C#N)=C/c1ccc(N2CCOCC2)o1. The van der Waals surface area contributed by atoms with Crippen LogP contribution < -0.4 is 10.2 Å². The van der Waals surface area contributed by atoms with Gasteiger partial charge in [0, 0.05) is 31.3 Å². The molecule has 22 heavy (non-hydrogen) atoms. The fourth-order valence-corrected chi connectivity index (χ4v) is 2.07. The van der Waals surface area contributed by atoms with Gasteiger partial charge in [-0.1, -0.05) is 6.92 Å². The third kappa shape index (κ3) is 4.12. The molecule has 6 nitrogen and oxygen atoms in total. The minimum atomic E-state index is -0.374. The Morgan fingerprint density at radius 1 is 1.50 bits per heavy atom. The summed E-state index contributed by atoms with van der Waals surface area (Å²) in [5, 5.41) is 11.9. The molecule has 1 saturated heterocycles. The van der Waals surface area contributed by atoms with Gasteiger partial charge in [-0.15, -0.1) is 0 Å². The molecular formula is C16H21N3O3. The van der Waals surface area contributed by atoms with Gasteiger partial charge in [0.05, 0.1) is 13.2 Å². The van der Waals surface area contributed by atoms with Gasteiger partial charge < -0.3 is 19.4 Å². The van der Waals surface area contributed by atoms with Crippen LogP contribution in [-0.4, -0.2) is 38.3 Å². The lowest BCUT2D eigenvalue weighted by molar-refractivity contribution is -0.117. The number of rotatable bonds is 5. The molecule has 1 aromatic heterocycles. The highest BCUT2D eigenvalue weighted by Gasteiger charge is 2.16. The van der Waals surface area contributed by atoms with Crippen molar-refractivity contribution in [3.8, 4) is 6.07 Å². The number of amides is 1. The molecule has 1 N–H and O–H groups in total. The Balaban J connectivity index is 2.08. The van der Waals surface area contributed by atoms with Crippen LogP contribution in [-0.2, 0) is 9.53 Å². The number of nitrogens with one attached hydrogen (secondary N) is 1. The van der Waals surface area contributed by atoms with Crippen LogP contribution in [0.5, 0.6) is 0 Å². The third-order valence-corrected chi connectivity index (χ3v) is 3.58. The second kappa shape index (κ2) is 7.66. The first-order chi connectivity index (χ1) is 10.6. The molecule has 0 saturated carbocycles. The molecular weight excluding hydrogens is 282 g/mol. The van der Waals surface area contributed by atoms with Crippen molar-refractivity contribution in [2.75, 3.05) is 31.2 Å². The molecule has 1 fully saturated rings. The number of nitriles is 1. The lowest BCUT2D eigenvalue weighted by Gasteiger charge is -2.26. The number of hydrogen-bond donors (Lipinski definition) is 1. The molecule has 118 valence electrons. The fraction of sp³-hybridized carbons (Fsp3) is 0.500. The van der Waals surface area contributed by atoms with Crippen LogP contribution in [0.25, 0.3) is 6.08 Å². The molecule has 0 unspecified atom stereocenters. The maximum absolute atomic E-state index is 12.0. The molecule has 0 radical (unpaired) electrons. The minimum absolute atomic E-state index is 0.0322. The average molecular weight is 303 g/mol. The van der Waals surface area contributed by atoms with E-state index in [0.717, 1.165) is 25.4 Å². The number of ether oxygens (including phenoxy) is 1. The van der Waals surface area contributed by atoms with E-state index in [0.29, 0.717) is 19.0 Å². The number of hydrogen-bond acceptors (Lipinski definition) is 5. The summed E-state index contributed by atoms with van der Waals surface area (Å²) in [6.45, 7) is 6.77. The Labute approximate surface area is 130 Å². The van der Waals surface area contributed by atoms with Gasteiger partial charge in [0.25, 0.3) is 5.91 Å². The van der Waals surface area contributed by atoms with Crippen LogP contribution in [0, 0.1) is 11.3 Å². The predicted octanol–water partition coefficient (Wildman–Crippen LogP) is 1.94. The number of carbonyl (C=O) groups excluding carboxylic acids is 1. The summed E-state index contributed by atoms with van der Waals surface area (Å²) in [4.78, 5) is 14.1. The molecule has 0 bridgehead atoms. The highest BCUT2D eigenvalue weighted by atomic mass is 16.5. The van der Waals surface area contributed by atoms with Crippen molar-refractivity contribution in [1.29, 1.82) is 5.26 Å². The highest BCUT2D eigenvalue weighted by Crippen LogP contribution is 2.21. The molecule has 2 rings (SSSR count). The average Bonchev–Trinajstić information content (AvgIpc) is 3.01. The van der Waals surface area contributed by atoms with E-state index < -0.39 is 0 Å². The smallest absolute Gasteiger partial charge is 0.262 e. The zero-order valence-corrected chi connectivity index (χ0v) is 13.0. The van der Waals surface area contributed by atoms with E-state index in [4.69, 9.17) is 14.4 Å². The van der Waals surface area contributed by atoms with Crippen LogP contribution in [0.3, 0.4) is 0 Å². The van der Waals surface area contributed by atoms with Crippen molar-refractivity contribution in [3.05, 3.63) is 23.5 Å². The maximum atomic E-state index is 12.0. The molecule has 0 aromatic carbocycles. The molecule has 1 amide bonds. The lowest BCUT2D eigenvalue weighted by atomic mass is 10.2. The predicted molar refractivity (Wildman–Crippen MR) is 83.2 cm³/mol. The zero-order valence-electron chi connectivity index (χ0n) is 13.0. The maximum Gasteiger partial charge on any atom is 0.262 e. The van der Waals surface area contributed by atoms with Crippen molar-refractivity contribution in [2.24, 2.45) is 0 Å². The van der Waals surface area contributed by atoms with Gasteiger partial charge in [0.2, 0.25) is 0 Å². The molecule has 1 atom stereocenters. The van der Waals surface area contributed by atoms with Crippen LogP contribution in [0.2, 0.25) is 0 Å². The lowest BCUT2D eigenvalue weighted by Crippen LogP contribution is -2.35. The van der Waals surface area contributed by atoms with Crippen LogP contribution in [0.15, 0.2) is 22.1 Å². The molecule has 1 aliphatic heterocycles. The summed E-state index contributed by atoms with van der Waals surface area (Å²) in [7, 11) is 0. The summed E-state index contributed by atoms with van der Waals surface area (Å²) in [6.07, 6.45) is 2.29. The van der Waals surface area contributed by atoms with Gasteiger partial charge in [0.1, 0.15) is 17.4 Å². The Kier molecular flexibility index (Phi) is 5.61. The number of morpholine rings is 1. The summed E-state index contributed by atoms with van der Waals surface area (Å²) in [5.74, 6) is 0.854. The summed E-state index contributed by atoms with van der Waals surface area (Å²) < 4.78 is 11.0. The van der Waals surface area contributed by atoms with Gasteiger partial charge in [0.15, 0.2) is 5.88 Å². The van der Waals surface area contributed by atoms with Gasteiger partial charge >= 0.3 is 0 Å². The van der Waals surface area contributed by atoms with Gasteiger partial charge in [-0.25, -0.2) is 0 Å². The number of nitrogens with zero attached hydrogens (tertiary/aromatic N) is 2. The molecule has 0 spiro atoms. The van der Waals surface area contributed by atoms with Crippen LogP contribution in [0.4, 0.5) is 5.88 Å². The largest absolute Gasteiger partial charge is 0.441 e. The van der Waals surface area contributed by atoms with E-state index >= 15 is 0 Å². The Hall–Kier alpha value is -2.26. The standard InChI is InChI=1S/C16H21N3O3/c1-3-12(2)18-16(20)13(11-17)10-14-4-5-15(22-14)19-6-8-21-9-7-19/h4-5,10,12H,3,6-9H2,1-2H3,(H,18,20)/b13-10+/t12-/m1/s1. The van der Waals surface area contributed by atoms with E-state index in [1.54, 1.807) is 6.07 Å². The second-order valence-electron chi connectivity index (χ2n) is 5.23. The van der Waals surface area contributed by atoms with Crippen molar-refractivity contribution < 1.29 is 13.9 Å².